The monoisotopic (exact) mass is 253 g/mol. The predicted octanol–water partition coefficient (Wildman–Crippen LogP) is 3.34. The largest absolute Gasteiger partial charge is 0.339 e. The third-order valence-electron chi connectivity index (χ3n) is 2.84. The Kier molecular flexibility index (Phi) is 6.06. The number of amides is 1. The van der Waals surface area contributed by atoms with Crippen LogP contribution in [0.25, 0.3) is 0 Å². The van der Waals surface area contributed by atoms with Gasteiger partial charge in [0.2, 0.25) is 0 Å². The van der Waals surface area contributed by atoms with Crippen LogP contribution in [-0.2, 0) is 6.42 Å². The van der Waals surface area contributed by atoms with Gasteiger partial charge in [-0.25, -0.2) is 0 Å². The number of alkyl halides is 1. The molecule has 0 fully saturated rings. The van der Waals surface area contributed by atoms with Crippen LogP contribution >= 0.6 is 11.6 Å². The van der Waals surface area contributed by atoms with Gasteiger partial charge in [0, 0.05) is 24.5 Å². The molecular formula is C14H20ClNO. The second-order valence-electron chi connectivity index (χ2n) is 3.98. The lowest BCUT2D eigenvalue weighted by Gasteiger charge is -2.20. The van der Waals surface area contributed by atoms with Gasteiger partial charge in [0.1, 0.15) is 0 Å². The average molecular weight is 254 g/mol. The van der Waals surface area contributed by atoms with Crippen LogP contribution < -0.4 is 0 Å². The van der Waals surface area contributed by atoms with Crippen LogP contribution in [0.1, 0.15) is 36.2 Å². The summed E-state index contributed by atoms with van der Waals surface area (Å²) in [6.07, 6.45) is 1.84. The van der Waals surface area contributed by atoms with Crippen LogP contribution in [0.4, 0.5) is 0 Å². The molecule has 0 aliphatic carbocycles. The molecule has 0 aliphatic heterocycles. The third kappa shape index (κ3) is 4.04. The lowest BCUT2D eigenvalue weighted by atomic mass is 10.1. The van der Waals surface area contributed by atoms with Crippen LogP contribution in [0.3, 0.4) is 0 Å². The van der Waals surface area contributed by atoms with E-state index in [0.29, 0.717) is 5.88 Å². The zero-order valence-electron chi connectivity index (χ0n) is 10.6. The molecule has 0 unspecified atom stereocenters. The highest BCUT2D eigenvalue weighted by molar-refractivity contribution is 6.17. The average Bonchev–Trinajstić information content (AvgIpc) is 2.39. The molecule has 0 heterocycles. The summed E-state index contributed by atoms with van der Waals surface area (Å²) in [5.74, 6) is 0.693. The fraction of sp³-hybridized carbons (Fsp3) is 0.500. The summed E-state index contributed by atoms with van der Waals surface area (Å²) in [6, 6.07) is 7.85. The SMILES string of the molecule is CCc1ccc(C(=O)N(CC)CCCCl)cc1. The van der Waals surface area contributed by atoms with Crippen molar-refractivity contribution in [3.63, 3.8) is 0 Å². The molecular weight excluding hydrogens is 234 g/mol. The summed E-state index contributed by atoms with van der Waals surface area (Å²) in [7, 11) is 0. The minimum Gasteiger partial charge on any atom is -0.339 e. The van der Waals surface area contributed by atoms with Crippen molar-refractivity contribution < 1.29 is 4.79 Å². The molecule has 1 aromatic carbocycles. The Labute approximate surface area is 109 Å². The summed E-state index contributed by atoms with van der Waals surface area (Å²) in [4.78, 5) is 14.0. The molecule has 0 N–H and O–H groups in total. The maximum Gasteiger partial charge on any atom is 0.253 e. The van der Waals surface area contributed by atoms with E-state index in [4.69, 9.17) is 11.6 Å². The highest BCUT2D eigenvalue weighted by atomic mass is 35.5. The molecule has 3 heteroatoms. The standard InChI is InChI=1S/C14H20ClNO/c1-3-12-6-8-13(9-7-12)14(17)16(4-2)11-5-10-15/h6-9H,3-5,10-11H2,1-2H3. The number of hydrogen-bond acceptors (Lipinski definition) is 1. The molecule has 0 aromatic heterocycles. The molecule has 94 valence electrons. The summed E-state index contributed by atoms with van der Waals surface area (Å²) >= 11 is 5.65. The van der Waals surface area contributed by atoms with Gasteiger partial charge in [-0.1, -0.05) is 19.1 Å². The molecule has 0 atom stereocenters. The normalized spacial score (nSPS) is 10.3. The number of aryl methyl sites for hydroxylation is 1. The molecule has 0 spiro atoms. The van der Waals surface area contributed by atoms with Crippen LogP contribution in [0, 0.1) is 0 Å². The Morgan fingerprint density at radius 1 is 1.24 bits per heavy atom. The molecule has 1 amide bonds. The van der Waals surface area contributed by atoms with Crippen molar-refractivity contribution in [2.45, 2.75) is 26.7 Å². The van der Waals surface area contributed by atoms with E-state index >= 15 is 0 Å². The van der Waals surface area contributed by atoms with E-state index in [0.717, 1.165) is 31.5 Å². The molecule has 0 aliphatic rings. The van der Waals surface area contributed by atoms with Gasteiger partial charge in [-0.15, -0.1) is 11.6 Å². The van der Waals surface area contributed by atoms with Crippen molar-refractivity contribution in [1.82, 2.24) is 4.90 Å². The van der Waals surface area contributed by atoms with E-state index in [2.05, 4.69) is 6.92 Å². The quantitative estimate of drug-likeness (QED) is 0.712. The number of carbonyl (C=O) groups is 1. The van der Waals surface area contributed by atoms with Crippen molar-refractivity contribution in [1.29, 1.82) is 0 Å². The Morgan fingerprint density at radius 2 is 1.88 bits per heavy atom. The number of benzene rings is 1. The van der Waals surface area contributed by atoms with Crippen LogP contribution in [0.2, 0.25) is 0 Å². The summed E-state index contributed by atoms with van der Waals surface area (Å²) < 4.78 is 0. The van der Waals surface area contributed by atoms with Gasteiger partial charge >= 0.3 is 0 Å². The van der Waals surface area contributed by atoms with Crippen molar-refractivity contribution in [2.24, 2.45) is 0 Å². The smallest absolute Gasteiger partial charge is 0.253 e. The molecule has 17 heavy (non-hydrogen) atoms. The van der Waals surface area contributed by atoms with Crippen LogP contribution in [-0.4, -0.2) is 29.8 Å². The van der Waals surface area contributed by atoms with Crippen molar-refractivity contribution >= 4 is 17.5 Å². The third-order valence-corrected chi connectivity index (χ3v) is 3.11. The number of rotatable bonds is 6. The Bertz CT molecular complexity index is 348. The highest BCUT2D eigenvalue weighted by Gasteiger charge is 2.13. The second-order valence-corrected chi connectivity index (χ2v) is 4.36. The summed E-state index contributed by atoms with van der Waals surface area (Å²) in [5, 5.41) is 0. The first-order chi connectivity index (χ1) is 8.22. The van der Waals surface area contributed by atoms with Gasteiger partial charge < -0.3 is 4.90 Å². The van der Waals surface area contributed by atoms with Crippen LogP contribution in [0.15, 0.2) is 24.3 Å². The number of nitrogens with zero attached hydrogens (tertiary/aromatic N) is 1. The van der Waals surface area contributed by atoms with Gasteiger partial charge in [0.15, 0.2) is 0 Å². The molecule has 0 radical (unpaired) electrons. The molecule has 2 nitrogen and oxygen atoms in total. The predicted molar refractivity (Wildman–Crippen MR) is 72.7 cm³/mol. The molecule has 1 aromatic rings. The first-order valence-electron chi connectivity index (χ1n) is 6.17. The first-order valence-corrected chi connectivity index (χ1v) is 6.70. The first kappa shape index (κ1) is 14.0. The van der Waals surface area contributed by atoms with Crippen LogP contribution in [0.5, 0.6) is 0 Å². The fourth-order valence-corrected chi connectivity index (χ4v) is 1.84. The summed E-state index contributed by atoms with van der Waals surface area (Å²) in [6.45, 7) is 5.56. The van der Waals surface area contributed by atoms with Gasteiger partial charge in [-0.2, -0.15) is 0 Å². The van der Waals surface area contributed by atoms with Gasteiger partial charge in [-0.3, -0.25) is 4.79 Å². The molecule has 0 bridgehead atoms. The van der Waals surface area contributed by atoms with Crippen molar-refractivity contribution in [3.05, 3.63) is 35.4 Å². The maximum atomic E-state index is 12.2. The molecule has 0 saturated carbocycles. The fourth-order valence-electron chi connectivity index (χ4n) is 1.72. The lowest BCUT2D eigenvalue weighted by molar-refractivity contribution is 0.0765. The second kappa shape index (κ2) is 7.33. The van der Waals surface area contributed by atoms with Crippen molar-refractivity contribution in [3.8, 4) is 0 Å². The Morgan fingerprint density at radius 3 is 2.35 bits per heavy atom. The van der Waals surface area contributed by atoms with Crippen molar-refractivity contribution in [2.75, 3.05) is 19.0 Å². The molecule has 0 saturated heterocycles. The topological polar surface area (TPSA) is 20.3 Å². The number of carbonyl (C=O) groups excluding carboxylic acids is 1. The highest BCUT2D eigenvalue weighted by Crippen LogP contribution is 2.09. The van der Waals surface area contributed by atoms with E-state index in [1.54, 1.807) is 0 Å². The van der Waals surface area contributed by atoms with Gasteiger partial charge in [0.05, 0.1) is 0 Å². The Hall–Kier alpha value is -1.02. The zero-order valence-corrected chi connectivity index (χ0v) is 11.3. The number of halogens is 1. The minimum absolute atomic E-state index is 0.0975. The van der Waals surface area contributed by atoms with E-state index in [1.807, 2.05) is 36.1 Å². The van der Waals surface area contributed by atoms with E-state index in [1.165, 1.54) is 5.56 Å². The van der Waals surface area contributed by atoms with Gasteiger partial charge in [-0.05, 0) is 37.5 Å². The van der Waals surface area contributed by atoms with E-state index < -0.39 is 0 Å². The van der Waals surface area contributed by atoms with E-state index in [-0.39, 0.29) is 5.91 Å². The maximum absolute atomic E-state index is 12.2. The lowest BCUT2D eigenvalue weighted by Crippen LogP contribution is -2.31. The number of hydrogen-bond donors (Lipinski definition) is 0. The Balaban J connectivity index is 2.71. The zero-order chi connectivity index (χ0) is 12.7. The van der Waals surface area contributed by atoms with Gasteiger partial charge in [0.25, 0.3) is 5.91 Å². The minimum atomic E-state index is 0.0975. The molecule has 1 rings (SSSR count). The summed E-state index contributed by atoms with van der Waals surface area (Å²) in [5.41, 5.74) is 2.02. The van der Waals surface area contributed by atoms with E-state index in [9.17, 15) is 4.79 Å².